The molecule has 2 heterocycles. The molecular formula is C23H33N5O3S. The zero-order chi connectivity index (χ0) is 22.9. The van der Waals surface area contributed by atoms with Gasteiger partial charge in [0.15, 0.2) is 11.3 Å². The molecule has 0 aliphatic carbocycles. The van der Waals surface area contributed by atoms with E-state index in [1.165, 1.54) is 0 Å². The number of benzene rings is 1. The van der Waals surface area contributed by atoms with Crippen LogP contribution >= 0.6 is 11.9 Å². The van der Waals surface area contributed by atoms with Crippen LogP contribution in [0, 0.1) is 6.92 Å². The van der Waals surface area contributed by atoms with Gasteiger partial charge >= 0.3 is 0 Å². The third-order valence-corrected chi connectivity index (χ3v) is 5.68. The Kier molecular flexibility index (Phi) is 9.13. The largest absolute Gasteiger partial charge is 0.493 e. The maximum absolute atomic E-state index is 12.9. The van der Waals surface area contributed by atoms with E-state index in [1.54, 1.807) is 16.5 Å². The second-order valence-electron chi connectivity index (χ2n) is 7.48. The first-order chi connectivity index (χ1) is 15.6. The van der Waals surface area contributed by atoms with Crippen molar-refractivity contribution < 1.29 is 9.47 Å². The Morgan fingerprint density at radius 1 is 1.19 bits per heavy atom. The molecule has 0 saturated carbocycles. The van der Waals surface area contributed by atoms with Crippen molar-refractivity contribution in [2.45, 2.75) is 58.3 Å². The lowest BCUT2D eigenvalue weighted by Crippen LogP contribution is -2.16. The number of aromatic nitrogens is 4. The molecule has 0 atom stereocenters. The molecule has 3 rings (SSSR count). The number of imidazole rings is 1. The zero-order valence-corrected chi connectivity index (χ0v) is 20.2. The first-order valence-electron chi connectivity index (χ1n) is 11.3. The van der Waals surface area contributed by atoms with Gasteiger partial charge in [0.2, 0.25) is 0 Å². The molecule has 0 spiro atoms. The topological polar surface area (TPSA) is 93.5 Å². The number of nitrogens with one attached hydrogen (secondary N) is 2. The summed E-state index contributed by atoms with van der Waals surface area (Å²) in [4.78, 5) is 21.4. The first-order valence-corrected chi connectivity index (χ1v) is 12.1. The molecule has 3 aromatic rings. The molecule has 9 heteroatoms. The average molecular weight is 460 g/mol. The molecular weight excluding hydrogens is 426 g/mol. The van der Waals surface area contributed by atoms with Gasteiger partial charge in [-0.2, -0.15) is 0 Å². The SMILES string of the molecule is CCCOc1ccc(SNCCCOCC)cc1-c1nn2c(CCC)nc(C)c2c(=O)[nH]1. The summed E-state index contributed by atoms with van der Waals surface area (Å²) < 4.78 is 16.4. The molecule has 0 fully saturated rings. The number of aromatic amines is 1. The van der Waals surface area contributed by atoms with E-state index in [2.05, 4.69) is 28.5 Å². The fourth-order valence-corrected chi connectivity index (χ4v) is 4.09. The molecule has 1 aromatic carbocycles. The van der Waals surface area contributed by atoms with Crippen molar-refractivity contribution in [3.63, 3.8) is 0 Å². The lowest BCUT2D eigenvalue weighted by Gasteiger charge is -2.13. The molecule has 0 amide bonds. The van der Waals surface area contributed by atoms with E-state index in [9.17, 15) is 4.79 Å². The van der Waals surface area contributed by atoms with Gasteiger partial charge in [0.1, 0.15) is 11.6 Å². The van der Waals surface area contributed by atoms with Gasteiger partial charge in [-0.1, -0.05) is 13.8 Å². The van der Waals surface area contributed by atoms with E-state index < -0.39 is 0 Å². The van der Waals surface area contributed by atoms with Crippen molar-refractivity contribution in [2.75, 3.05) is 26.4 Å². The molecule has 174 valence electrons. The lowest BCUT2D eigenvalue weighted by molar-refractivity contribution is 0.146. The summed E-state index contributed by atoms with van der Waals surface area (Å²) in [5.41, 5.74) is 1.75. The fraction of sp³-hybridized carbons (Fsp3) is 0.522. The summed E-state index contributed by atoms with van der Waals surface area (Å²) in [5, 5.41) is 4.76. The minimum absolute atomic E-state index is 0.198. The highest BCUT2D eigenvalue weighted by atomic mass is 32.2. The highest BCUT2D eigenvalue weighted by Gasteiger charge is 2.17. The number of rotatable bonds is 13. The summed E-state index contributed by atoms with van der Waals surface area (Å²) in [5.74, 6) is 1.97. The Hall–Kier alpha value is -2.36. The Balaban J connectivity index is 1.93. The van der Waals surface area contributed by atoms with Crippen molar-refractivity contribution in [2.24, 2.45) is 0 Å². The predicted molar refractivity (Wildman–Crippen MR) is 129 cm³/mol. The van der Waals surface area contributed by atoms with E-state index in [1.807, 2.05) is 32.0 Å². The second-order valence-corrected chi connectivity index (χ2v) is 8.44. The molecule has 0 unspecified atom stereocenters. The second kappa shape index (κ2) is 12.0. The van der Waals surface area contributed by atoms with Crippen molar-refractivity contribution in [3.05, 3.63) is 40.1 Å². The van der Waals surface area contributed by atoms with Gasteiger partial charge in [-0.05, 0) is 63.3 Å². The van der Waals surface area contributed by atoms with E-state index in [0.717, 1.165) is 61.7 Å². The van der Waals surface area contributed by atoms with Gasteiger partial charge in [-0.3, -0.25) is 9.52 Å². The minimum Gasteiger partial charge on any atom is -0.493 e. The van der Waals surface area contributed by atoms with Crippen LogP contribution in [0.4, 0.5) is 0 Å². The monoisotopic (exact) mass is 459 g/mol. The molecule has 0 aliphatic rings. The Morgan fingerprint density at radius 2 is 2.03 bits per heavy atom. The number of hydrogen-bond acceptors (Lipinski definition) is 7. The third-order valence-electron chi connectivity index (χ3n) is 4.85. The number of fused-ring (bicyclic) bond motifs is 1. The fourth-order valence-electron chi connectivity index (χ4n) is 3.36. The Morgan fingerprint density at radius 3 is 2.78 bits per heavy atom. The number of ether oxygens (including phenoxy) is 2. The third kappa shape index (κ3) is 5.90. The molecule has 2 aromatic heterocycles. The van der Waals surface area contributed by atoms with Gasteiger partial charge in [0, 0.05) is 31.1 Å². The summed E-state index contributed by atoms with van der Waals surface area (Å²) in [7, 11) is 0. The van der Waals surface area contributed by atoms with Gasteiger partial charge in [0.05, 0.1) is 17.9 Å². The Labute approximate surface area is 193 Å². The van der Waals surface area contributed by atoms with Gasteiger partial charge in [0.25, 0.3) is 5.56 Å². The zero-order valence-electron chi connectivity index (χ0n) is 19.4. The highest BCUT2D eigenvalue weighted by molar-refractivity contribution is 7.97. The quantitative estimate of drug-likeness (QED) is 0.293. The minimum atomic E-state index is -0.198. The van der Waals surface area contributed by atoms with Crippen LogP contribution in [0.3, 0.4) is 0 Å². The normalized spacial score (nSPS) is 11.4. The average Bonchev–Trinajstić information content (AvgIpc) is 3.11. The van der Waals surface area contributed by atoms with Gasteiger partial charge in [-0.15, -0.1) is 5.10 Å². The van der Waals surface area contributed by atoms with Crippen LogP contribution < -0.4 is 15.0 Å². The van der Waals surface area contributed by atoms with Crippen LogP contribution in [0.15, 0.2) is 27.9 Å². The molecule has 0 radical (unpaired) electrons. The number of aryl methyl sites for hydroxylation is 2. The van der Waals surface area contributed by atoms with E-state index in [0.29, 0.717) is 29.4 Å². The molecule has 0 aliphatic heterocycles. The number of hydrogen-bond donors (Lipinski definition) is 2. The maximum Gasteiger partial charge on any atom is 0.277 e. The number of H-pyrrole nitrogens is 1. The van der Waals surface area contributed by atoms with Gasteiger partial charge < -0.3 is 14.5 Å². The van der Waals surface area contributed by atoms with Crippen LogP contribution in [0.25, 0.3) is 16.9 Å². The van der Waals surface area contributed by atoms with E-state index in [4.69, 9.17) is 14.6 Å². The molecule has 2 N–H and O–H groups in total. The molecule has 0 bridgehead atoms. The van der Waals surface area contributed by atoms with Crippen molar-refractivity contribution >= 4 is 17.5 Å². The van der Waals surface area contributed by atoms with Crippen LogP contribution in [-0.4, -0.2) is 45.9 Å². The number of nitrogens with zero attached hydrogens (tertiary/aromatic N) is 3. The Bertz CT molecular complexity index is 1080. The van der Waals surface area contributed by atoms with E-state index in [-0.39, 0.29) is 5.56 Å². The van der Waals surface area contributed by atoms with Crippen molar-refractivity contribution in [1.29, 1.82) is 0 Å². The van der Waals surface area contributed by atoms with Crippen LogP contribution in [0.2, 0.25) is 0 Å². The predicted octanol–water partition coefficient (Wildman–Crippen LogP) is 4.16. The van der Waals surface area contributed by atoms with Crippen LogP contribution in [-0.2, 0) is 11.2 Å². The molecule has 8 nitrogen and oxygen atoms in total. The first kappa shape index (κ1) is 24.3. The van der Waals surface area contributed by atoms with Crippen molar-refractivity contribution in [1.82, 2.24) is 24.3 Å². The van der Waals surface area contributed by atoms with E-state index >= 15 is 0 Å². The van der Waals surface area contributed by atoms with Crippen molar-refractivity contribution in [3.8, 4) is 17.1 Å². The summed E-state index contributed by atoms with van der Waals surface area (Å²) >= 11 is 1.54. The molecule has 32 heavy (non-hydrogen) atoms. The van der Waals surface area contributed by atoms with Gasteiger partial charge in [-0.25, -0.2) is 9.50 Å². The standard InChI is InChI=1S/C23H33N5O3S/c1-5-9-20-25-16(4)21-23(29)26-22(27-28(20)21)18-15-17(10-11-19(18)31-13-6-2)32-24-12-8-14-30-7-3/h10-11,15,24H,5-9,12-14H2,1-4H3,(H,26,27,29). The summed E-state index contributed by atoms with van der Waals surface area (Å²) in [6, 6.07) is 5.94. The van der Waals surface area contributed by atoms with Crippen LogP contribution in [0.1, 0.15) is 51.6 Å². The van der Waals surface area contributed by atoms with Crippen LogP contribution in [0.5, 0.6) is 5.75 Å². The summed E-state index contributed by atoms with van der Waals surface area (Å²) in [6.07, 6.45) is 3.51. The smallest absolute Gasteiger partial charge is 0.277 e. The summed E-state index contributed by atoms with van der Waals surface area (Å²) in [6.45, 7) is 10.9. The molecule has 0 saturated heterocycles. The maximum atomic E-state index is 12.9. The lowest BCUT2D eigenvalue weighted by atomic mass is 10.2. The highest BCUT2D eigenvalue weighted by Crippen LogP contribution is 2.31.